The van der Waals surface area contributed by atoms with Crippen molar-refractivity contribution in [2.24, 2.45) is 0 Å². The minimum absolute atomic E-state index is 0.222. The highest BCUT2D eigenvalue weighted by molar-refractivity contribution is 6.03. The van der Waals surface area contributed by atoms with E-state index in [2.05, 4.69) is 25.7 Å². The minimum atomic E-state index is -0.333. The van der Waals surface area contributed by atoms with E-state index in [4.69, 9.17) is 9.51 Å². The Labute approximate surface area is 198 Å². The van der Waals surface area contributed by atoms with Crippen LogP contribution >= 0.6 is 0 Å². The van der Waals surface area contributed by atoms with Gasteiger partial charge in [-0.3, -0.25) is 4.79 Å². The zero-order valence-corrected chi connectivity index (χ0v) is 19.0. The first-order valence-electron chi connectivity index (χ1n) is 11.5. The van der Waals surface area contributed by atoms with E-state index in [9.17, 15) is 4.79 Å². The molecule has 0 bridgehead atoms. The molecule has 0 atom stereocenters. The minimum Gasteiger partial charge on any atom is -0.356 e. The van der Waals surface area contributed by atoms with Crippen molar-refractivity contribution in [3.63, 3.8) is 0 Å². The number of piperidine rings is 1. The number of hydrogen-bond donors (Lipinski definition) is 2. The Hall–Kier alpha value is -4.20. The Balaban J connectivity index is 1.23. The number of nitrogens with one attached hydrogen (secondary N) is 2. The quantitative estimate of drug-likeness (QED) is 0.401. The predicted molar refractivity (Wildman–Crippen MR) is 132 cm³/mol. The van der Waals surface area contributed by atoms with Gasteiger partial charge in [-0.1, -0.05) is 35.5 Å². The molecule has 1 amide bonds. The van der Waals surface area contributed by atoms with Crippen molar-refractivity contribution < 1.29 is 9.32 Å². The van der Waals surface area contributed by atoms with Gasteiger partial charge >= 0.3 is 0 Å². The lowest BCUT2D eigenvalue weighted by molar-refractivity contribution is 0.101. The molecular formula is C26H26N6O2. The van der Waals surface area contributed by atoms with Gasteiger partial charge in [0.05, 0.1) is 0 Å². The second kappa shape index (κ2) is 9.74. The lowest BCUT2D eigenvalue weighted by Crippen LogP contribution is -2.30. The summed E-state index contributed by atoms with van der Waals surface area (Å²) in [6, 6.07) is 20.6. The molecule has 1 fully saturated rings. The van der Waals surface area contributed by atoms with Gasteiger partial charge in [0.1, 0.15) is 5.82 Å². The summed E-state index contributed by atoms with van der Waals surface area (Å²) in [6.07, 6.45) is 3.67. The molecule has 3 heterocycles. The van der Waals surface area contributed by atoms with Crippen LogP contribution in [0.2, 0.25) is 0 Å². The lowest BCUT2D eigenvalue weighted by atomic mass is 10.1. The molecule has 0 unspecified atom stereocenters. The molecule has 5 rings (SSSR count). The Kier molecular flexibility index (Phi) is 6.20. The van der Waals surface area contributed by atoms with Crippen LogP contribution < -0.4 is 15.5 Å². The summed E-state index contributed by atoms with van der Waals surface area (Å²) in [7, 11) is 0. The summed E-state index contributed by atoms with van der Waals surface area (Å²) in [5, 5.41) is 10.0. The maximum atomic E-state index is 12.6. The molecule has 34 heavy (non-hydrogen) atoms. The zero-order chi connectivity index (χ0) is 23.3. The molecule has 2 N–H and O–H groups in total. The SMILES string of the molecule is Cc1cc(N2CCCCC2)nc(Nc2ccc(NC(=O)c3cc(-c4ccccc4)on3)cc2)n1. The van der Waals surface area contributed by atoms with Crippen LogP contribution in [0.5, 0.6) is 0 Å². The first-order chi connectivity index (χ1) is 16.6. The van der Waals surface area contributed by atoms with Crippen molar-refractivity contribution in [3.8, 4) is 11.3 Å². The second-order valence-electron chi connectivity index (χ2n) is 8.34. The molecule has 0 spiro atoms. The van der Waals surface area contributed by atoms with E-state index in [1.54, 1.807) is 6.07 Å². The zero-order valence-electron chi connectivity index (χ0n) is 19.0. The number of hydrogen-bond acceptors (Lipinski definition) is 7. The van der Waals surface area contributed by atoms with Gasteiger partial charge in [0.2, 0.25) is 5.95 Å². The van der Waals surface area contributed by atoms with Gasteiger partial charge in [-0.2, -0.15) is 4.98 Å². The molecule has 4 aromatic rings. The maximum absolute atomic E-state index is 12.6. The van der Waals surface area contributed by atoms with Crippen LogP contribution in [0.4, 0.5) is 23.1 Å². The smallest absolute Gasteiger partial charge is 0.277 e. The van der Waals surface area contributed by atoms with E-state index < -0.39 is 0 Å². The van der Waals surface area contributed by atoms with Crippen LogP contribution in [0.25, 0.3) is 11.3 Å². The third-order valence-electron chi connectivity index (χ3n) is 5.72. The third kappa shape index (κ3) is 5.06. The Bertz CT molecular complexity index is 1260. The average molecular weight is 455 g/mol. The summed E-state index contributed by atoms with van der Waals surface area (Å²) in [5.41, 5.74) is 3.50. The molecule has 0 saturated carbocycles. The van der Waals surface area contributed by atoms with E-state index in [1.165, 1.54) is 19.3 Å². The number of carbonyl (C=O) groups excluding carboxylic acids is 1. The Morgan fingerprint density at radius 1 is 0.912 bits per heavy atom. The number of benzene rings is 2. The Morgan fingerprint density at radius 3 is 2.41 bits per heavy atom. The van der Waals surface area contributed by atoms with Crippen LogP contribution in [0, 0.1) is 6.92 Å². The number of nitrogens with zero attached hydrogens (tertiary/aromatic N) is 4. The molecule has 0 radical (unpaired) electrons. The normalized spacial score (nSPS) is 13.5. The van der Waals surface area contributed by atoms with E-state index >= 15 is 0 Å². The predicted octanol–water partition coefficient (Wildman–Crippen LogP) is 5.43. The van der Waals surface area contributed by atoms with Gasteiger partial charge < -0.3 is 20.1 Å². The van der Waals surface area contributed by atoms with Crippen molar-refractivity contribution in [3.05, 3.63) is 78.1 Å². The summed E-state index contributed by atoms with van der Waals surface area (Å²) in [4.78, 5) is 24.1. The summed E-state index contributed by atoms with van der Waals surface area (Å²) in [5.74, 6) is 1.74. The molecule has 1 aliphatic rings. The highest BCUT2D eigenvalue weighted by Gasteiger charge is 2.15. The molecular weight excluding hydrogens is 428 g/mol. The number of carbonyl (C=O) groups is 1. The maximum Gasteiger partial charge on any atom is 0.277 e. The molecule has 1 saturated heterocycles. The summed E-state index contributed by atoms with van der Waals surface area (Å²) in [6.45, 7) is 4.04. The molecule has 2 aromatic heterocycles. The fraction of sp³-hybridized carbons (Fsp3) is 0.231. The summed E-state index contributed by atoms with van der Waals surface area (Å²) < 4.78 is 5.32. The molecule has 1 aliphatic heterocycles. The van der Waals surface area contributed by atoms with E-state index in [1.807, 2.05) is 67.6 Å². The van der Waals surface area contributed by atoms with Gasteiger partial charge in [-0.15, -0.1) is 0 Å². The van der Waals surface area contributed by atoms with Crippen LogP contribution in [-0.2, 0) is 0 Å². The molecule has 2 aromatic carbocycles. The van der Waals surface area contributed by atoms with Crippen molar-refractivity contribution in [2.45, 2.75) is 26.2 Å². The summed E-state index contributed by atoms with van der Waals surface area (Å²) >= 11 is 0. The van der Waals surface area contributed by atoms with Crippen LogP contribution in [0.1, 0.15) is 35.4 Å². The third-order valence-corrected chi connectivity index (χ3v) is 5.72. The average Bonchev–Trinajstić information content (AvgIpc) is 3.37. The highest BCUT2D eigenvalue weighted by Crippen LogP contribution is 2.23. The number of amides is 1. The van der Waals surface area contributed by atoms with Crippen molar-refractivity contribution in [1.82, 2.24) is 15.1 Å². The van der Waals surface area contributed by atoms with Gasteiger partial charge in [-0.05, 0) is 50.5 Å². The van der Waals surface area contributed by atoms with E-state index in [-0.39, 0.29) is 11.6 Å². The van der Waals surface area contributed by atoms with Gasteiger partial charge in [0, 0.05) is 47.9 Å². The number of aryl methyl sites for hydroxylation is 1. The van der Waals surface area contributed by atoms with Crippen LogP contribution in [0.15, 0.2) is 71.3 Å². The molecule has 172 valence electrons. The monoisotopic (exact) mass is 454 g/mol. The fourth-order valence-corrected chi connectivity index (χ4v) is 3.97. The standard InChI is InChI=1S/C26H26N6O2/c1-18-16-24(32-14-6-3-7-15-32)30-26(27-18)29-21-12-10-20(11-13-21)28-25(33)22-17-23(34-31-22)19-8-4-2-5-9-19/h2,4-5,8-13,16-17H,3,6-7,14-15H2,1H3,(H,28,33)(H,27,29,30). The lowest BCUT2D eigenvalue weighted by Gasteiger charge is -2.28. The van der Waals surface area contributed by atoms with Crippen LogP contribution in [0.3, 0.4) is 0 Å². The number of rotatable bonds is 6. The van der Waals surface area contributed by atoms with Gasteiger partial charge in [-0.25, -0.2) is 4.98 Å². The Morgan fingerprint density at radius 2 is 1.65 bits per heavy atom. The van der Waals surface area contributed by atoms with Crippen molar-refractivity contribution in [2.75, 3.05) is 28.6 Å². The second-order valence-corrected chi connectivity index (χ2v) is 8.34. The van der Waals surface area contributed by atoms with Gasteiger partial charge in [0.15, 0.2) is 11.5 Å². The van der Waals surface area contributed by atoms with E-state index in [0.717, 1.165) is 35.9 Å². The number of aromatic nitrogens is 3. The first-order valence-corrected chi connectivity index (χ1v) is 11.5. The fourth-order valence-electron chi connectivity index (χ4n) is 3.97. The highest BCUT2D eigenvalue weighted by atomic mass is 16.5. The van der Waals surface area contributed by atoms with Gasteiger partial charge in [0.25, 0.3) is 5.91 Å². The molecule has 8 heteroatoms. The van der Waals surface area contributed by atoms with Crippen molar-refractivity contribution >= 4 is 29.0 Å². The number of anilines is 4. The van der Waals surface area contributed by atoms with E-state index in [0.29, 0.717) is 17.4 Å². The van der Waals surface area contributed by atoms with Crippen LogP contribution in [-0.4, -0.2) is 34.1 Å². The molecule has 0 aliphatic carbocycles. The topological polar surface area (TPSA) is 96.2 Å². The first kappa shape index (κ1) is 21.6. The molecule has 8 nitrogen and oxygen atoms in total. The van der Waals surface area contributed by atoms with Crippen molar-refractivity contribution in [1.29, 1.82) is 0 Å². The largest absolute Gasteiger partial charge is 0.356 e.